The summed E-state index contributed by atoms with van der Waals surface area (Å²) in [6, 6.07) is 3.98. The number of hydrogen-bond acceptors (Lipinski definition) is 5. The molecule has 0 aromatic heterocycles. The molecule has 6 nitrogen and oxygen atoms in total. The highest BCUT2D eigenvalue weighted by Gasteiger charge is 2.38. The number of anilines is 1. The second-order valence-corrected chi connectivity index (χ2v) is 7.84. The first-order chi connectivity index (χ1) is 9.11. The molecule has 110 valence electrons. The van der Waals surface area contributed by atoms with E-state index in [1.54, 1.807) is 0 Å². The summed E-state index contributed by atoms with van der Waals surface area (Å²) in [4.78, 5) is 10.5. The first-order valence-electron chi connectivity index (χ1n) is 6.38. The number of nitrogens with zero attached hydrogens (tertiary/aromatic N) is 1. The maximum Gasteiger partial charge on any atom is 0.293 e. The van der Waals surface area contributed by atoms with Crippen LogP contribution in [-0.4, -0.2) is 25.1 Å². The van der Waals surface area contributed by atoms with Gasteiger partial charge in [-0.05, 0) is 44.7 Å². The molecule has 1 aromatic rings. The monoisotopic (exact) mass is 298 g/mol. The Morgan fingerprint density at radius 2 is 1.95 bits per heavy atom. The van der Waals surface area contributed by atoms with E-state index in [9.17, 15) is 18.5 Å². The molecule has 0 amide bonds. The molecule has 7 heteroatoms. The van der Waals surface area contributed by atoms with Crippen LogP contribution in [0.3, 0.4) is 0 Å². The number of nitro groups is 1. The summed E-state index contributed by atoms with van der Waals surface area (Å²) in [5.41, 5.74) is -0.0851. The van der Waals surface area contributed by atoms with Crippen LogP contribution in [0.4, 0.5) is 11.4 Å². The first kappa shape index (κ1) is 14.8. The van der Waals surface area contributed by atoms with Gasteiger partial charge in [-0.1, -0.05) is 0 Å². The number of rotatable bonds is 5. The van der Waals surface area contributed by atoms with E-state index < -0.39 is 14.8 Å². The van der Waals surface area contributed by atoms with Crippen molar-refractivity contribution in [3.63, 3.8) is 0 Å². The van der Waals surface area contributed by atoms with Crippen LogP contribution in [0.1, 0.15) is 26.7 Å². The Bertz CT molecular complexity index is 648. The van der Waals surface area contributed by atoms with Crippen LogP contribution in [0.25, 0.3) is 0 Å². The molecule has 0 radical (unpaired) electrons. The SMILES string of the molecule is CC(C)(Nc1ccc(S(C)(=O)=O)cc1[N+](=O)[O-])C1CC1. The Labute approximate surface area is 118 Å². The Kier molecular flexibility index (Phi) is 3.49. The second kappa shape index (κ2) is 4.73. The molecular formula is C13H18N2O4S. The third kappa shape index (κ3) is 3.09. The van der Waals surface area contributed by atoms with Gasteiger partial charge in [0.1, 0.15) is 5.69 Å². The zero-order chi connectivity index (χ0) is 15.1. The fourth-order valence-corrected chi connectivity index (χ4v) is 2.89. The number of benzene rings is 1. The standard InChI is InChI=1S/C13H18N2O4S/c1-13(2,9-4-5-9)14-11-7-6-10(20(3,18)19)8-12(11)15(16)17/h6-9,14H,4-5H2,1-3H3. The van der Waals surface area contributed by atoms with Crippen molar-refractivity contribution >= 4 is 21.2 Å². The highest BCUT2D eigenvalue weighted by Crippen LogP contribution is 2.42. The first-order valence-corrected chi connectivity index (χ1v) is 8.27. The predicted molar refractivity (Wildman–Crippen MR) is 76.6 cm³/mol. The predicted octanol–water partition coefficient (Wildman–Crippen LogP) is 2.60. The zero-order valence-corrected chi connectivity index (χ0v) is 12.5. The van der Waals surface area contributed by atoms with E-state index in [-0.39, 0.29) is 16.1 Å². The summed E-state index contributed by atoms with van der Waals surface area (Å²) in [7, 11) is -3.46. The molecule has 1 aliphatic rings. The van der Waals surface area contributed by atoms with Gasteiger partial charge in [-0.15, -0.1) is 0 Å². The lowest BCUT2D eigenvalue weighted by Gasteiger charge is -2.27. The minimum atomic E-state index is -3.46. The van der Waals surface area contributed by atoms with Gasteiger partial charge in [0.2, 0.25) is 0 Å². The Balaban J connectivity index is 2.40. The summed E-state index contributed by atoms with van der Waals surface area (Å²) in [6.07, 6.45) is 3.25. The van der Waals surface area contributed by atoms with Crippen molar-refractivity contribution in [1.82, 2.24) is 0 Å². The lowest BCUT2D eigenvalue weighted by Crippen LogP contribution is -2.33. The van der Waals surface area contributed by atoms with Crippen LogP contribution in [0, 0.1) is 16.0 Å². The molecule has 2 rings (SSSR count). The smallest absolute Gasteiger partial charge is 0.293 e. The van der Waals surface area contributed by atoms with Gasteiger partial charge in [0.05, 0.1) is 9.82 Å². The van der Waals surface area contributed by atoms with Gasteiger partial charge in [-0.3, -0.25) is 10.1 Å². The van der Waals surface area contributed by atoms with Crippen molar-refractivity contribution in [3.05, 3.63) is 28.3 Å². The fraction of sp³-hybridized carbons (Fsp3) is 0.538. The van der Waals surface area contributed by atoms with Gasteiger partial charge in [0.25, 0.3) is 5.69 Å². The molecule has 1 fully saturated rings. The average molecular weight is 298 g/mol. The van der Waals surface area contributed by atoms with E-state index >= 15 is 0 Å². The van der Waals surface area contributed by atoms with E-state index in [0.717, 1.165) is 25.2 Å². The van der Waals surface area contributed by atoms with Gasteiger partial charge in [0.15, 0.2) is 9.84 Å². The molecule has 1 N–H and O–H groups in total. The summed E-state index contributed by atoms with van der Waals surface area (Å²) in [5.74, 6) is 0.497. The summed E-state index contributed by atoms with van der Waals surface area (Å²) < 4.78 is 23.0. The molecule has 1 aliphatic carbocycles. The summed E-state index contributed by atoms with van der Waals surface area (Å²) in [6.45, 7) is 4.00. The van der Waals surface area contributed by atoms with Crippen molar-refractivity contribution < 1.29 is 13.3 Å². The molecule has 1 saturated carbocycles. The van der Waals surface area contributed by atoms with Crippen molar-refractivity contribution in [2.24, 2.45) is 5.92 Å². The van der Waals surface area contributed by atoms with Crippen LogP contribution in [-0.2, 0) is 9.84 Å². The molecule has 0 aliphatic heterocycles. The number of sulfone groups is 1. The molecular weight excluding hydrogens is 280 g/mol. The quantitative estimate of drug-likeness (QED) is 0.666. The Morgan fingerprint density at radius 1 is 1.35 bits per heavy atom. The second-order valence-electron chi connectivity index (χ2n) is 5.83. The largest absolute Gasteiger partial charge is 0.374 e. The van der Waals surface area contributed by atoms with Crippen molar-refractivity contribution in [2.45, 2.75) is 37.1 Å². The maximum atomic E-state index is 11.5. The summed E-state index contributed by atoms with van der Waals surface area (Å²) >= 11 is 0. The van der Waals surface area contributed by atoms with Crippen LogP contribution in [0.15, 0.2) is 23.1 Å². The fourth-order valence-electron chi connectivity index (χ4n) is 2.25. The third-order valence-corrected chi connectivity index (χ3v) is 4.76. The van der Waals surface area contributed by atoms with Crippen LogP contribution in [0.5, 0.6) is 0 Å². The van der Waals surface area contributed by atoms with E-state index in [0.29, 0.717) is 11.6 Å². The van der Waals surface area contributed by atoms with Gasteiger partial charge in [0, 0.05) is 17.9 Å². The van der Waals surface area contributed by atoms with E-state index in [1.165, 1.54) is 12.1 Å². The van der Waals surface area contributed by atoms with Crippen LogP contribution in [0.2, 0.25) is 0 Å². The van der Waals surface area contributed by atoms with Crippen molar-refractivity contribution in [2.75, 3.05) is 11.6 Å². The van der Waals surface area contributed by atoms with Crippen LogP contribution < -0.4 is 5.32 Å². The third-order valence-electron chi connectivity index (χ3n) is 3.65. The van der Waals surface area contributed by atoms with Gasteiger partial charge < -0.3 is 5.32 Å². The highest BCUT2D eigenvalue weighted by molar-refractivity contribution is 7.90. The molecule has 0 spiro atoms. The minimum absolute atomic E-state index is 0.0426. The highest BCUT2D eigenvalue weighted by atomic mass is 32.2. The molecule has 0 heterocycles. The lowest BCUT2D eigenvalue weighted by molar-refractivity contribution is -0.384. The molecule has 20 heavy (non-hydrogen) atoms. The molecule has 1 aromatic carbocycles. The van der Waals surface area contributed by atoms with Crippen molar-refractivity contribution in [3.8, 4) is 0 Å². The number of hydrogen-bond donors (Lipinski definition) is 1. The van der Waals surface area contributed by atoms with Gasteiger partial charge in [-0.25, -0.2) is 8.42 Å². The van der Waals surface area contributed by atoms with Gasteiger partial charge in [-0.2, -0.15) is 0 Å². The number of nitro benzene ring substituents is 1. The summed E-state index contributed by atoms with van der Waals surface area (Å²) in [5, 5.41) is 14.3. The average Bonchev–Trinajstić information content (AvgIpc) is 3.10. The van der Waals surface area contributed by atoms with E-state index in [4.69, 9.17) is 0 Å². The zero-order valence-electron chi connectivity index (χ0n) is 11.7. The normalized spacial score (nSPS) is 15.9. The number of nitrogens with one attached hydrogen (secondary N) is 1. The molecule has 0 unspecified atom stereocenters. The Hall–Kier alpha value is -1.63. The lowest BCUT2D eigenvalue weighted by atomic mass is 9.98. The van der Waals surface area contributed by atoms with Crippen LogP contribution >= 0.6 is 0 Å². The molecule has 0 atom stereocenters. The molecule has 0 saturated heterocycles. The maximum absolute atomic E-state index is 11.5. The molecule has 0 bridgehead atoms. The van der Waals surface area contributed by atoms with E-state index in [2.05, 4.69) is 5.32 Å². The van der Waals surface area contributed by atoms with Crippen molar-refractivity contribution in [1.29, 1.82) is 0 Å². The minimum Gasteiger partial charge on any atom is -0.374 e. The topological polar surface area (TPSA) is 89.3 Å². The van der Waals surface area contributed by atoms with Gasteiger partial charge >= 0.3 is 0 Å². The van der Waals surface area contributed by atoms with E-state index in [1.807, 2.05) is 13.8 Å². The Morgan fingerprint density at radius 3 is 2.40 bits per heavy atom.